The molecule has 1 unspecified atom stereocenters. The van der Waals surface area contributed by atoms with E-state index in [1.54, 1.807) is 11.8 Å². The Hall–Kier alpha value is -0.510. The Morgan fingerprint density at radius 3 is 2.48 bits per heavy atom. The monoisotopic (exact) mass is 307 g/mol. The van der Waals surface area contributed by atoms with E-state index in [4.69, 9.17) is 0 Å². The molecule has 0 heterocycles. The lowest BCUT2D eigenvalue weighted by Crippen LogP contribution is -2.33. The van der Waals surface area contributed by atoms with Gasteiger partial charge in [0, 0.05) is 16.7 Å². The molecule has 2 N–H and O–H groups in total. The Morgan fingerprint density at radius 1 is 1.19 bits per heavy atom. The van der Waals surface area contributed by atoms with Gasteiger partial charge in [0.05, 0.1) is 5.60 Å². The molecule has 118 valence electrons. The van der Waals surface area contributed by atoms with Crippen molar-refractivity contribution in [2.45, 2.75) is 68.9 Å². The molecule has 0 spiro atoms. The number of thioether (sulfide) groups is 1. The second-order valence-corrected chi connectivity index (χ2v) is 7.37. The summed E-state index contributed by atoms with van der Waals surface area (Å²) in [6.45, 7) is 5.46. The first-order valence-electron chi connectivity index (χ1n) is 8.31. The van der Waals surface area contributed by atoms with Crippen molar-refractivity contribution in [2.75, 3.05) is 12.3 Å². The largest absolute Gasteiger partial charge is 0.389 e. The van der Waals surface area contributed by atoms with Crippen molar-refractivity contribution in [3.63, 3.8) is 0 Å². The zero-order valence-corrected chi connectivity index (χ0v) is 14.2. The van der Waals surface area contributed by atoms with E-state index in [-0.39, 0.29) is 0 Å². The maximum atomic E-state index is 10.5. The highest BCUT2D eigenvalue weighted by Crippen LogP contribution is 2.33. The minimum Gasteiger partial charge on any atom is -0.389 e. The van der Waals surface area contributed by atoms with Crippen molar-refractivity contribution >= 4 is 11.8 Å². The van der Waals surface area contributed by atoms with Gasteiger partial charge in [-0.15, -0.1) is 11.8 Å². The van der Waals surface area contributed by atoms with Gasteiger partial charge in [-0.1, -0.05) is 38.3 Å². The first-order chi connectivity index (χ1) is 10.1. The molecule has 3 heteroatoms. The fourth-order valence-electron chi connectivity index (χ4n) is 2.90. The number of hydrogen-bond donors (Lipinski definition) is 2. The van der Waals surface area contributed by atoms with Crippen molar-refractivity contribution in [1.82, 2.24) is 5.32 Å². The van der Waals surface area contributed by atoms with Crippen LogP contribution in [0.2, 0.25) is 0 Å². The predicted octanol–water partition coefficient (Wildman–Crippen LogP) is 4.53. The Labute approximate surface area is 133 Å². The van der Waals surface area contributed by atoms with E-state index in [0.29, 0.717) is 6.04 Å². The quantitative estimate of drug-likeness (QED) is 0.726. The van der Waals surface area contributed by atoms with Crippen LogP contribution in [-0.2, 0) is 0 Å². The van der Waals surface area contributed by atoms with E-state index in [1.165, 1.54) is 29.7 Å². The summed E-state index contributed by atoms with van der Waals surface area (Å²) in [5.74, 6) is 0.829. The molecule has 1 aromatic carbocycles. The molecule has 0 radical (unpaired) electrons. The van der Waals surface area contributed by atoms with Crippen LogP contribution in [0.25, 0.3) is 0 Å². The van der Waals surface area contributed by atoms with Gasteiger partial charge in [0.1, 0.15) is 0 Å². The molecule has 0 bridgehead atoms. The summed E-state index contributed by atoms with van der Waals surface area (Å²) in [6, 6.07) is 9.21. The smallest absolute Gasteiger partial charge is 0.0741 e. The lowest BCUT2D eigenvalue weighted by molar-refractivity contribution is 0.0273. The molecule has 0 saturated heterocycles. The van der Waals surface area contributed by atoms with E-state index in [9.17, 15) is 5.11 Å². The molecular formula is C18H29NOS. The standard InChI is InChI=1S/C18H29NOS/c1-3-13-19-15(2)16-7-9-17(10-8-16)21-14-18(20)11-5-4-6-12-18/h7-10,15,19-20H,3-6,11-14H2,1-2H3. The van der Waals surface area contributed by atoms with E-state index >= 15 is 0 Å². The van der Waals surface area contributed by atoms with Crippen LogP contribution in [0, 0.1) is 0 Å². The highest BCUT2D eigenvalue weighted by molar-refractivity contribution is 7.99. The number of aliphatic hydroxyl groups is 1. The third-order valence-corrected chi connectivity index (χ3v) is 5.66. The van der Waals surface area contributed by atoms with Gasteiger partial charge in [-0.2, -0.15) is 0 Å². The molecule has 1 fully saturated rings. The molecule has 1 aliphatic rings. The van der Waals surface area contributed by atoms with Crippen molar-refractivity contribution in [2.24, 2.45) is 0 Å². The van der Waals surface area contributed by atoms with Crippen molar-refractivity contribution < 1.29 is 5.11 Å². The van der Waals surface area contributed by atoms with Crippen LogP contribution in [0.1, 0.15) is 64.0 Å². The van der Waals surface area contributed by atoms with Gasteiger partial charge in [-0.3, -0.25) is 0 Å². The molecule has 2 nitrogen and oxygen atoms in total. The molecule has 1 aromatic rings. The van der Waals surface area contributed by atoms with Gasteiger partial charge in [-0.25, -0.2) is 0 Å². The van der Waals surface area contributed by atoms with Gasteiger partial charge in [0.25, 0.3) is 0 Å². The van der Waals surface area contributed by atoms with E-state index < -0.39 is 5.60 Å². The van der Waals surface area contributed by atoms with Crippen LogP contribution in [0.5, 0.6) is 0 Å². The minimum absolute atomic E-state index is 0.409. The van der Waals surface area contributed by atoms with Crippen LogP contribution >= 0.6 is 11.8 Å². The van der Waals surface area contributed by atoms with Crippen LogP contribution < -0.4 is 5.32 Å². The zero-order chi connectivity index (χ0) is 15.1. The molecule has 2 rings (SSSR count). The number of nitrogens with one attached hydrogen (secondary N) is 1. The van der Waals surface area contributed by atoms with Crippen molar-refractivity contribution in [3.05, 3.63) is 29.8 Å². The molecule has 1 atom stereocenters. The average molecular weight is 308 g/mol. The van der Waals surface area contributed by atoms with Crippen molar-refractivity contribution in [1.29, 1.82) is 0 Å². The lowest BCUT2D eigenvalue weighted by atomic mass is 9.86. The molecule has 0 amide bonds. The maximum Gasteiger partial charge on any atom is 0.0741 e. The second-order valence-electron chi connectivity index (χ2n) is 6.32. The summed E-state index contributed by atoms with van der Waals surface area (Å²) in [4.78, 5) is 1.26. The fourth-order valence-corrected chi connectivity index (χ4v) is 3.96. The summed E-state index contributed by atoms with van der Waals surface area (Å²) in [5.41, 5.74) is 0.904. The topological polar surface area (TPSA) is 32.3 Å². The van der Waals surface area contributed by atoms with Crippen LogP contribution in [-0.4, -0.2) is 23.0 Å². The normalized spacial score (nSPS) is 19.4. The summed E-state index contributed by atoms with van der Waals surface area (Å²) in [7, 11) is 0. The minimum atomic E-state index is -0.433. The van der Waals surface area contributed by atoms with E-state index in [2.05, 4.69) is 43.4 Å². The molecule has 1 aliphatic carbocycles. The summed E-state index contributed by atoms with van der Waals surface area (Å²) < 4.78 is 0. The highest BCUT2D eigenvalue weighted by atomic mass is 32.2. The second kappa shape index (κ2) is 8.21. The molecule has 1 saturated carbocycles. The van der Waals surface area contributed by atoms with Gasteiger partial charge < -0.3 is 10.4 Å². The van der Waals surface area contributed by atoms with Crippen LogP contribution in [0.15, 0.2) is 29.2 Å². The van der Waals surface area contributed by atoms with Gasteiger partial charge in [-0.05, 0) is 50.4 Å². The molecule has 0 aliphatic heterocycles. The number of rotatable bonds is 7. The predicted molar refractivity (Wildman–Crippen MR) is 91.9 cm³/mol. The Morgan fingerprint density at radius 2 is 1.86 bits per heavy atom. The molecule has 21 heavy (non-hydrogen) atoms. The molecule has 0 aromatic heterocycles. The van der Waals surface area contributed by atoms with Gasteiger partial charge >= 0.3 is 0 Å². The van der Waals surface area contributed by atoms with Crippen molar-refractivity contribution in [3.8, 4) is 0 Å². The fraction of sp³-hybridized carbons (Fsp3) is 0.667. The van der Waals surface area contributed by atoms with E-state index in [0.717, 1.165) is 31.6 Å². The SMILES string of the molecule is CCCNC(C)c1ccc(SCC2(O)CCCCC2)cc1. The van der Waals surface area contributed by atoms with Gasteiger partial charge in [0.2, 0.25) is 0 Å². The maximum absolute atomic E-state index is 10.5. The van der Waals surface area contributed by atoms with Crippen LogP contribution in [0.3, 0.4) is 0 Å². The lowest BCUT2D eigenvalue weighted by Gasteiger charge is -2.31. The number of hydrogen-bond acceptors (Lipinski definition) is 3. The third kappa shape index (κ3) is 5.32. The number of benzene rings is 1. The molecular weight excluding hydrogens is 278 g/mol. The first-order valence-corrected chi connectivity index (χ1v) is 9.30. The Balaban J connectivity index is 1.84. The first kappa shape index (κ1) is 16.9. The summed E-state index contributed by atoms with van der Waals surface area (Å²) >= 11 is 1.79. The van der Waals surface area contributed by atoms with Gasteiger partial charge in [0.15, 0.2) is 0 Å². The zero-order valence-electron chi connectivity index (χ0n) is 13.4. The third-order valence-electron chi connectivity index (χ3n) is 4.37. The highest BCUT2D eigenvalue weighted by Gasteiger charge is 2.28. The average Bonchev–Trinajstić information content (AvgIpc) is 2.52. The summed E-state index contributed by atoms with van der Waals surface area (Å²) in [5, 5.41) is 14.1. The Kier molecular flexibility index (Phi) is 6.59. The van der Waals surface area contributed by atoms with E-state index in [1.807, 2.05) is 0 Å². The van der Waals surface area contributed by atoms with Crippen LogP contribution in [0.4, 0.5) is 0 Å². The summed E-state index contributed by atoms with van der Waals surface area (Å²) in [6.07, 6.45) is 6.74. The Bertz CT molecular complexity index is 412.